The molecule has 1 aromatic carbocycles. The molecule has 0 radical (unpaired) electrons. The van der Waals surface area contributed by atoms with Crippen molar-refractivity contribution in [2.24, 2.45) is 0 Å². The SMILES string of the molecule is C=CCN(CC=C)C(=O)C(=O)NCCc1ccc(O)cc1. The first-order valence-corrected chi connectivity index (χ1v) is 6.65. The lowest BCUT2D eigenvalue weighted by molar-refractivity contribution is -0.145. The highest BCUT2D eigenvalue weighted by molar-refractivity contribution is 6.35. The molecule has 0 saturated heterocycles. The van der Waals surface area contributed by atoms with Crippen molar-refractivity contribution in [2.45, 2.75) is 6.42 Å². The first kappa shape index (κ1) is 16.5. The predicted octanol–water partition coefficient (Wildman–Crippen LogP) is 1.25. The molecule has 2 N–H and O–H groups in total. The molecule has 1 aromatic rings. The third-order valence-electron chi connectivity index (χ3n) is 2.82. The minimum Gasteiger partial charge on any atom is -0.508 e. The smallest absolute Gasteiger partial charge is 0.312 e. The van der Waals surface area contributed by atoms with Crippen molar-refractivity contribution >= 4 is 11.8 Å². The molecular weight excluding hydrogens is 268 g/mol. The normalized spacial score (nSPS) is 9.71. The van der Waals surface area contributed by atoms with Gasteiger partial charge in [-0.25, -0.2) is 0 Å². The Labute approximate surface area is 124 Å². The van der Waals surface area contributed by atoms with Crippen molar-refractivity contribution < 1.29 is 14.7 Å². The van der Waals surface area contributed by atoms with Crippen LogP contribution in [-0.2, 0) is 16.0 Å². The van der Waals surface area contributed by atoms with Crippen molar-refractivity contribution in [1.29, 1.82) is 0 Å². The van der Waals surface area contributed by atoms with Crippen LogP contribution in [0.15, 0.2) is 49.6 Å². The molecule has 5 heteroatoms. The number of nitrogens with one attached hydrogen (secondary N) is 1. The summed E-state index contributed by atoms with van der Waals surface area (Å²) in [5.41, 5.74) is 0.967. The summed E-state index contributed by atoms with van der Waals surface area (Å²) in [6, 6.07) is 6.70. The summed E-state index contributed by atoms with van der Waals surface area (Å²) >= 11 is 0. The summed E-state index contributed by atoms with van der Waals surface area (Å²) in [5, 5.41) is 11.8. The molecular formula is C16H20N2O3. The molecule has 2 amide bonds. The van der Waals surface area contributed by atoms with Gasteiger partial charge in [-0.1, -0.05) is 24.3 Å². The van der Waals surface area contributed by atoms with Gasteiger partial charge in [0.2, 0.25) is 0 Å². The van der Waals surface area contributed by atoms with Crippen LogP contribution in [0.2, 0.25) is 0 Å². The summed E-state index contributed by atoms with van der Waals surface area (Å²) in [4.78, 5) is 25.0. The molecule has 112 valence electrons. The lowest BCUT2D eigenvalue weighted by Gasteiger charge is -2.18. The molecule has 0 saturated carbocycles. The number of hydrogen-bond donors (Lipinski definition) is 2. The number of carbonyl (C=O) groups is 2. The first-order chi connectivity index (χ1) is 10.1. The van der Waals surface area contributed by atoms with Crippen LogP contribution in [0.4, 0.5) is 0 Å². The number of amides is 2. The van der Waals surface area contributed by atoms with Crippen LogP contribution >= 0.6 is 0 Å². The van der Waals surface area contributed by atoms with Crippen LogP contribution in [-0.4, -0.2) is 41.5 Å². The molecule has 0 aliphatic carbocycles. The summed E-state index contributed by atoms with van der Waals surface area (Å²) in [6.45, 7) is 8.06. The Balaban J connectivity index is 2.44. The molecule has 5 nitrogen and oxygen atoms in total. The molecule has 0 unspecified atom stereocenters. The number of benzene rings is 1. The fraction of sp³-hybridized carbons (Fsp3) is 0.250. The molecule has 0 fully saturated rings. The highest BCUT2D eigenvalue weighted by Crippen LogP contribution is 2.09. The number of hydrogen-bond acceptors (Lipinski definition) is 3. The van der Waals surface area contributed by atoms with Gasteiger partial charge in [0.15, 0.2) is 0 Å². The van der Waals surface area contributed by atoms with E-state index in [-0.39, 0.29) is 5.75 Å². The van der Waals surface area contributed by atoms with Crippen molar-refractivity contribution in [1.82, 2.24) is 10.2 Å². The Hall–Kier alpha value is -2.56. The lowest BCUT2D eigenvalue weighted by Crippen LogP contribution is -2.43. The van der Waals surface area contributed by atoms with Crippen molar-refractivity contribution in [2.75, 3.05) is 19.6 Å². The number of phenols is 1. The Morgan fingerprint density at radius 1 is 1.14 bits per heavy atom. The Kier molecular flexibility index (Phi) is 6.74. The van der Waals surface area contributed by atoms with E-state index >= 15 is 0 Å². The van der Waals surface area contributed by atoms with Crippen LogP contribution in [0.5, 0.6) is 5.75 Å². The molecule has 0 atom stereocenters. The molecule has 0 aliphatic heterocycles. The van der Waals surface area contributed by atoms with Gasteiger partial charge in [-0.15, -0.1) is 13.2 Å². The third kappa shape index (κ3) is 5.52. The fourth-order valence-electron chi connectivity index (χ4n) is 1.75. The predicted molar refractivity (Wildman–Crippen MR) is 81.8 cm³/mol. The van der Waals surface area contributed by atoms with Gasteiger partial charge in [0.1, 0.15) is 5.75 Å². The van der Waals surface area contributed by atoms with Crippen LogP contribution in [0.25, 0.3) is 0 Å². The Morgan fingerprint density at radius 3 is 2.24 bits per heavy atom. The molecule has 0 spiro atoms. The van der Waals surface area contributed by atoms with E-state index in [0.29, 0.717) is 26.1 Å². The number of aromatic hydroxyl groups is 1. The van der Waals surface area contributed by atoms with Gasteiger partial charge in [-0.05, 0) is 24.1 Å². The third-order valence-corrected chi connectivity index (χ3v) is 2.82. The molecule has 0 bridgehead atoms. The van der Waals surface area contributed by atoms with Gasteiger partial charge < -0.3 is 15.3 Å². The van der Waals surface area contributed by atoms with Crippen LogP contribution in [0.3, 0.4) is 0 Å². The second-order valence-corrected chi connectivity index (χ2v) is 4.46. The average molecular weight is 288 g/mol. The van der Waals surface area contributed by atoms with Crippen molar-refractivity contribution in [3.8, 4) is 5.75 Å². The zero-order chi connectivity index (χ0) is 15.7. The Bertz CT molecular complexity index is 499. The summed E-state index contributed by atoms with van der Waals surface area (Å²) in [7, 11) is 0. The van der Waals surface area contributed by atoms with Gasteiger partial charge in [0.25, 0.3) is 0 Å². The highest BCUT2D eigenvalue weighted by atomic mass is 16.3. The second-order valence-electron chi connectivity index (χ2n) is 4.46. The van der Waals surface area contributed by atoms with Crippen LogP contribution < -0.4 is 5.32 Å². The number of carbonyl (C=O) groups excluding carboxylic acids is 2. The summed E-state index contributed by atoms with van der Waals surface area (Å²) in [6.07, 6.45) is 3.71. The summed E-state index contributed by atoms with van der Waals surface area (Å²) in [5.74, 6) is -1.04. The van der Waals surface area contributed by atoms with E-state index in [0.717, 1.165) is 5.56 Å². The van der Waals surface area contributed by atoms with E-state index < -0.39 is 11.8 Å². The summed E-state index contributed by atoms with van der Waals surface area (Å²) < 4.78 is 0. The average Bonchev–Trinajstić information content (AvgIpc) is 2.48. The van der Waals surface area contributed by atoms with Crippen molar-refractivity contribution in [3.63, 3.8) is 0 Å². The zero-order valence-corrected chi connectivity index (χ0v) is 11.9. The van der Waals surface area contributed by atoms with Crippen LogP contribution in [0, 0.1) is 0 Å². The van der Waals surface area contributed by atoms with Gasteiger partial charge in [-0.3, -0.25) is 9.59 Å². The largest absolute Gasteiger partial charge is 0.508 e. The topological polar surface area (TPSA) is 69.6 Å². The van der Waals surface area contributed by atoms with Crippen LogP contribution in [0.1, 0.15) is 5.56 Å². The molecule has 1 rings (SSSR count). The Morgan fingerprint density at radius 2 is 1.71 bits per heavy atom. The molecule has 0 aliphatic rings. The second kappa shape index (κ2) is 8.58. The molecule has 0 aromatic heterocycles. The zero-order valence-electron chi connectivity index (χ0n) is 11.9. The lowest BCUT2D eigenvalue weighted by atomic mass is 10.1. The van der Waals surface area contributed by atoms with E-state index in [4.69, 9.17) is 5.11 Å². The van der Waals surface area contributed by atoms with Gasteiger partial charge in [-0.2, -0.15) is 0 Å². The van der Waals surface area contributed by atoms with Gasteiger partial charge >= 0.3 is 11.8 Å². The minimum atomic E-state index is -0.641. The first-order valence-electron chi connectivity index (χ1n) is 6.65. The molecule has 0 heterocycles. The van der Waals surface area contributed by atoms with E-state index in [1.165, 1.54) is 4.90 Å². The number of nitrogens with zero attached hydrogens (tertiary/aromatic N) is 1. The van der Waals surface area contributed by atoms with E-state index in [1.807, 2.05) is 0 Å². The van der Waals surface area contributed by atoms with E-state index in [9.17, 15) is 9.59 Å². The van der Waals surface area contributed by atoms with E-state index in [2.05, 4.69) is 18.5 Å². The highest BCUT2D eigenvalue weighted by Gasteiger charge is 2.19. The minimum absolute atomic E-state index is 0.197. The number of rotatable bonds is 7. The van der Waals surface area contributed by atoms with Gasteiger partial charge in [0.05, 0.1) is 0 Å². The fourth-order valence-corrected chi connectivity index (χ4v) is 1.75. The molecule has 21 heavy (non-hydrogen) atoms. The maximum atomic E-state index is 11.9. The van der Waals surface area contributed by atoms with Crippen molar-refractivity contribution in [3.05, 3.63) is 55.1 Å². The van der Waals surface area contributed by atoms with Gasteiger partial charge in [0, 0.05) is 19.6 Å². The maximum absolute atomic E-state index is 11.9. The maximum Gasteiger partial charge on any atom is 0.312 e. The standard InChI is InChI=1S/C16H20N2O3/c1-3-11-18(12-4-2)16(21)15(20)17-10-9-13-5-7-14(19)8-6-13/h3-8,19H,1-2,9-12H2,(H,17,20). The number of phenolic OH excluding ortho intramolecular Hbond substituents is 1. The quantitative estimate of drug-likeness (QED) is 0.586. The van der Waals surface area contributed by atoms with E-state index in [1.54, 1.807) is 36.4 Å². The monoisotopic (exact) mass is 288 g/mol.